The Morgan fingerprint density at radius 1 is 1.33 bits per heavy atom. The lowest BCUT2D eigenvalue weighted by Gasteiger charge is -2.12. The van der Waals surface area contributed by atoms with Crippen LogP contribution in [0.2, 0.25) is 0 Å². The number of hydrogen-bond acceptors (Lipinski definition) is 4. The molecule has 1 amide bonds. The number of anilines is 1. The molecule has 3 rings (SSSR count). The summed E-state index contributed by atoms with van der Waals surface area (Å²) in [7, 11) is 0. The number of amides is 1. The second kappa shape index (κ2) is 5.54. The number of hydrogen-bond donors (Lipinski definition) is 2. The molecule has 2 heterocycles. The Morgan fingerprint density at radius 3 is 2.95 bits per heavy atom. The first-order valence-electron chi connectivity index (χ1n) is 6.63. The zero-order chi connectivity index (χ0) is 14.8. The Hall–Kier alpha value is -2.40. The number of rotatable bonds is 3. The molecule has 0 radical (unpaired) electrons. The van der Waals surface area contributed by atoms with Crippen LogP contribution in [0, 0.1) is 0 Å². The fourth-order valence-corrected chi connectivity index (χ4v) is 3.10. The van der Waals surface area contributed by atoms with Gasteiger partial charge in [0.2, 0.25) is 0 Å². The molecule has 0 aliphatic heterocycles. The lowest BCUT2D eigenvalue weighted by molar-refractivity contribution is 0.0944. The number of nitrogens with one attached hydrogen (secondary N) is 1. The third-order valence-corrected chi connectivity index (χ3v) is 4.41. The average molecular weight is 297 g/mol. The van der Waals surface area contributed by atoms with Crippen molar-refractivity contribution in [1.29, 1.82) is 0 Å². The fraction of sp³-hybridized carbons (Fsp3) is 0.125. The van der Waals surface area contributed by atoms with Crippen LogP contribution in [0.1, 0.15) is 28.2 Å². The molecule has 106 valence electrons. The molecule has 0 bridgehead atoms. The number of fused-ring (bicyclic) bond motifs is 1. The van der Waals surface area contributed by atoms with Crippen molar-refractivity contribution in [3.8, 4) is 0 Å². The Labute approximate surface area is 126 Å². The van der Waals surface area contributed by atoms with Crippen LogP contribution >= 0.6 is 11.3 Å². The lowest BCUT2D eigenvalue weighted by atomic mass is 10.1. The molecule has 0 aliphatic rings. The van der Waals surface area contributed by atoms with Gasteiger partial charge in [-0.05, 0) is 48.2 Å². The maximum absolute atomic E-state index is 12.3. The lowest BCUT2D eigenvalue weighted by Crippen LogP contribution is -2.25. The van der Waals surface area contributed by atoms with E-state index in [0.717, 1.165) is 15.6 Å². The number of carbonyl (C=O) groups excluding carboxylic acids is 1. The number of pyridine rings is 1. The first kappa shape index (κ1) is 13.6. The van der Waals surface area contributed by atoms with Gasteiger partial charge in [-0.2, -0.15) is 0 Å². The van der Waals surface area contributed by atoms with E-state index in [2.05, 4.69) is 10.3 Å². The summed E-state index contributed by atoms with van der Waals surface area (Å²) in [6.45, 7) is 1.94. The molecule has 0 fully saturated rings. The molecule has 1 atom stereocenters. The van der Waals surface area contributed by atoms with Gasteiger partial charge in [0.1, 0.15) is 0 Å². The fourth-order valence-electron chi connectivity index (χ4n) is 2.16. The van der Waals surface area contributed by atoms with Crippen molar-refractivity contribution in [2.45, 2.75) is 13.0 Å². The molecule has 4 nitrogen and oxygen atoms in total. The molecule has 0 saturated heterocycles. The molecule has 1 aromatic carbocycles. The molecule has 5 heteroatoms. The predicted molar refractivity (Wildman–Crippen MR) is 86.4 cm³/mol. The number of aromatic nitrogens is 1. The van der Waals surface area contributed by atoms with E-state index in [4.69, 9.17) is 5.73 Å². The smallest absolute Gasteiger partial charge is 0.261 e. The van der Waals surface area contributed by atoms with Crippen molar-refractivity contribution >= 4 is 33.0 Å². The summed E-state index contributed by atoms with van der Waals surface area (Å²) < 4.78 is 1.06. The molecule has 3 aromatic rings. The minimum atomic E-state index is -0.0820. The third-order valence-electron chi connectivity index (χ3n) is 3.30. The van der Waals surface area contributed by atoms with Gasteiger partial charge in [-0.3, -0.25) is 9.78 Å². The molecular weight excluding hydrogens is 282 g/mol. The van der Waals surface area contributed by atoms with Gasteiger partial charge >= 0.3 is 0 Å². The van der Waals surface area contributed by atoms with Crippen molar-refractivity contribution in [1.82, 2.24) is 10.3 Å². The van der Waals surface area contributed by atoms with Gasteiger partial charge in [0.15, 0.2) is 0 Å². The van der Waals surface area contributed by atoms with E-state index in [9.17, 15) is 4.79 Å². The second-order valence-corrected chi connectivity index (χ2v) is 5.97. The van der Waals surface area contributed by atoms with E-state index < -0.39 is 0 Å². The second-order valence-electron chi connectivity index (χ2n) is 4.89. The van der Waals surface area contributed by atoms with E-state index in [1.165, 1.54) is 11.3 Å². The highest BCUT2D eigenvalue weighted by atomic mass is 32.1. The quantitative estimate of drug-likeness (QED) is 0.728. The summed E-state index contributed by atoms with van der Waals surface area (Å²) in [6.07, 6.45) is 3.48. The molecule has 1 unspecified atom stereocenters. The predicted octanol–water partition coefficient (Wildman–Crippen LogP) is 3.37. The SMILES string of the molecule is CC(NC(=O)c1cc2cc(N)ccc2s1)c1cccnc1. The molecule has 21 heavy (non-hydrogen) atoms. The highest BCUT2D eigenvalue weighted by Crippen LogP contribution is 2.27. The first-order valence-corrected chi connectivity index (χ1v) is 7.45. The Kier molecular flexibility index (Phi) is 3.58. The molecule has 0 aliphatic carbocycles. The highest BCUT2D eigenvalue weighted by molar-refractivity contribution is 7.20. The summed E-state index contributed by atoms with van der Waals surface area (Å²) >= 11 is 1.47. The van der Waals surface area contributed by atoms with Gasteiger partial charge in [0.05, 0.1) is 10.9 Å². The standard InChI is InChI=1S/C16H15N3OS/c1-10(11-3-2-6-18-9-11)19-16(20)15-8-12-7-13(17)4-5-14(12)21-15/h2-10H,17H2,1H3,(H,19,20). The van der Waals surface area contributed by atoms with Crippen LogP contribution in [0.15, 0.2) is 48.8 Å². The van der Waals surface area contributed by atoms with E-state index in [1.807, 2.05) is 43.3 Å². The van der Waals surface area contributed by atoms with Crippen LogP contribution in [-0.4, -0.2) is 10.9 Å². The largest absolute Gasteiger partial charge is 0.399 e. The summed E-state index contributed by atoms with van der Waals surface area (Å²) in [5.41, 5.74) is 7.45. The first-order chi connectivity index (χ1) is 10.1. The number of benzene rings is 1. The van der Waals surface area contributed by atoms with E-state index in [0.29, 0.717) is 10.6 Å². The van der Waals surface area contributed by atoms with Crippen LogP contribution < -0.4 is 11.1 Å². The maximum Gasteiger partial charge on any atom is 0.261 e. The summed E-state index contributed by atoms with van der Waals surface area (Å²) in [4.78, 5) is 17.1. The van der Waals surface area contributed by atoms with Gasteiger partial charge < -0.3 is 11.1 Å². The van der Waals surface area contributed by atoms with Gasteiger partial charge in [0, 0.05) is 22.8 Å². The van der Waals surface area contributed by atoms with E-state index in [-0.39, 0.29) is 11.9 Å². The van der Waals surface area contributed by atoms with E-state index >= 15 is 0 Å². The van der Waals surface area contributed by atoms with Crippen molar-refractivity contribution in [3.63, 3.8) is 0 Å². The van der Waals surface area contributed by atoms with E-state index in [1.54, 1.807) is 12.4 Å². The number of thiophene rings is 1. The monoisotopic (exact) mass is 297 g/mol. The highest BCUT2D eigenvalue weighted by Gasteiger charge is 2.14. The third kappa shape index (κ3) is 2.87. The molecule has 2 aromatic heterocycles. The molecular formula is C16H15N3OS. The molecule has 3 N–H and O–H groups in total. The summed E-state index contributed by atoms with van der Waals surface area (Å²) in [5.74, 6) is -0.0777. The van der Waals surface area contributed by atoms with Crippen molar-refractivity contribution in [2.75, 3.05) is 5.73 Å². The van der Waals surface area contributed by atoms with Crippen molar-refractivity contribution in [3.05, 3.63) is 59.2 Å². The Morgan fingerprint density at radius 2 is 2.19 bits per heavy atom. The minimum Gasteiger partial charge on any atom is -0.399 e. The number of nitrogen functional groups attached to an aromatic ring is 1. The summed E-state index contributed by atoms with van der Waals surface area (Å²) in [5, 5.41) is 3.99. The van der Waals surface area contributed by atoms with Gasteiger partial charge in [-0.1, -0.05) is 6.07 Å². The zero-order valence-corrected chi connectivity index (χ0v) is 12.4. The number of nitrogens with zero attached hydrogens (tertiary/aromatic N) is 1. The maximum atomic E-state index is 12.3. The zero-order valence-electron chi connectivity index (χ0n) is 11.5. The van der Waals surface area contributed by atoms with Gasteiger partial charge in [-0.25, -0.2) is 0 Å². The molecule has 0 spiro atoms. The van der Waals surface area contributed by atoms with Crippen LogP contribution in [0.4, 0.5) is 5.69 Å². The Balaban J connectivity index is 1.80. The summed E-state index contributed by atoms with van der Waals surface area (Å²) in [6, 6.07) is 11.3. The number of carbonyl (C=O) groups is 1. The Bertz CT molecular complexity index is 783. The molecule has 0 saturated carbocycles. The van der Waals surface area contributed by atoms with Gasteiger partial charge in [0.25, 0.3) is 5.91 Å². The average Bonchev–Trinajstić information content (AvgIpc) is 2.91. The van der Waals surface area contributed by atoms with Crippen LogP contribution in [0.5, 0.6) is 0 Å². The van der Waals surface area contributed by atoms with Gasteiger partial charge in [-0.15, -0.1) is 11.3 Å². The number of nitrogens with two attached hydrogens (primary N) is 1. The van der Waals surface area contributed by atoms with Crippen LogP contribution in [0.3, 0.4) is 0 Å². The van der Waals surface area contributed by atoms with Crippen LogP contribution in [0.25, 0.3) is 10.1 Å². The minimum absolute atomic E-state index is 0.0777. The van der Waals surface area contributed by atoms with Crippen LogP contribution in [-0.2, 0) is 0 Å². The topological polar surface area (TPSA) is 68.0 Å². The van der Waals surface area contributed by atoms with Crippen molar-refractivity contribution in [2.24, 2.45) is 0 Å². The van der Waals surface area contributed by atoms with Crippen molar-refractivity contribution < 1.29 is 4.79 Å². The normalized spacial score (nSPS) is 12.2.